The molecule has 0 aliphatic rings. The molecule has 0 aromatic heterocycles. The molecule has 0 radical (unpaired) electrons. The van der Waals surface area contributed by atoms with Crippen LogP contribution in [0.15, 0.2) is 59.5 Å². The third-order valence-electron chi connectivity index (χ3n) is 5.28. The molecule has 2 aromatic rings. The topological polar surface area (TPSA) is 104 Å². The van der Waals surface area contributed by atoms with Crippen LogP contribution in [0.1, 0.15) is 82.3 Å². The standard InChI is InChI=1S/C18H30O3S.C8H10N2S/c1-2-3-4-5-6-7-8-9-10-11-12-17-13-15-18(16-14-17)22(19,20)21;9-8(10)11-6-7-4-2-1-3-5-7/h13-16H,2-12H2,1H3,(H,19,20,21);1-5H,6H2,(H3,9,10). The van der Waals surface area contributed by atoms with E-state index in [4.69, 9.17) is 15.7 Å². The van der Waals surface area contributed by atoms with E-state index in [0.29, 0.717) is 0 Å². The fraction of sp³-hybridized carbons (Fsp3) is 0.500. The highest BCUT2D eigenvalue weighted by atomic mass is 32.2. The summed E-state index contributed by atoms with van der Waals surface area (Å²) in [5.41, 5.74) is 7.52. The Morgan fingerprint density at radius 2 is 1.33 bits per heavy atom. The maximum Gasteiger partial charge on any atom is 0.294 e. The summed E-state index contributed by atoms with van der Waals surface area (Å²) in [5, 5.41) is 7.16. The van der Waals surface area contributed by atoms with Crippen molar-refractivity contribution in [1.29, 1.82) is 5.41 Å². The highest BCUT2D eigenvalue weighted by molar-refractivity contribution is 8.13. The number of nitrogens with two attached hydrogens (primary N) is 1. The van der Waals surface area contributed by atoms with E-state index in [-0.39, 0.29) is 10.1 Å². The fourth-order valence-corrected chi connectivity index (χ4v) is 4.37. The lowest BCUT2D eigenvalue weighted by molar-refractivity contribution is 0.483. The Labute approximate surface area is 204 Å². The van der Waals surface area contributed by atoms with Crippen LogP contribution in [0.4, 0.5) is 0 Å². The SMILES string of the molecule is CCCCCCCCCCCCc1ccc(S(=O)(=O)O)cc1.N=C(N)SCc1ccccc1. The molecule has 4 N–H and O–H groups in total. The molecule has 0 heterocycles. The number of unbranched alkanes of at least 4 members (excludes halogenated alkanes) is 9. The first-order valence-electron chi connectivity index (χ1n) is 11.9. The molecule has 0 atom stereocenters. The van der Waals surface area contributed by atoms with E-state index >= 15 is 0 Å². The van der Waals surface area contributed by atoms with Crippen molar-refractivity contribution in [2.24, 2.45) is 5.73 Å². The molecule has 2 aromatic carbocycles. The van der Waals surface area contributed by atoms with Gasteiger partial charge in [0.25, 0.3) is 10.1 Å². The Morgan fingerprint density at radius 3 is 1.82 bits per heavy atom. The van der Waals surface area contributed by atoms with E-state index in [0.717, 1.165) is 24.2 Å². The van der Waals surface area contributed by atoms with Gasteiger partial charge in [0.05, 0.1) is 4.90 Å². The summed E-state index contributed by atoms with van der Waals surface area (Å²) < 4.78 is 30.8. The van der Waals surface area contributed by atoms with Gasteiger partial charge in [0, 0.05) is 5.75 Å². The van der Waals surface area contributed by atoms with Crippen molar-refractivity contribution in [2.45, 2.75) is 88.2 Å². The molecule has 7 heteroatoms. The molecular formula is C26H40N2O3S2. The van der Waals surface area contributed by atoms with E-state index in [1.807, 2.05) is 30.3 Å². The predicted octanol–water partition coefficient (Wildman–Crippen LogP) is 7.21. The van der Waals surface area contributed by atoms with E-state index in [1.165, 1.54) is 87.2 Å². The average Bonchev–Trinajstić information content (AvgIpc) is 2.80. The Bertz CT molecular complexity index is 870. The van der Waals surface area contributed by atoms with Crippen LogP contribution in [0.2, 0.25) is 0 Å². The van der Waals surface area contributed by atoms with Crippen LogP contribution < -0.4 is 5.73 Å². The minimum absolute atomic E-state index is 0.0284. The second kappa shape index (κ2) is 17.6. The summed E-state index contributed by atoms with van der Waals surface area (Å²) >= 11 is 1.35. The maximum atomic E-state index is 10.9. The smallest absolute Gasteiger partial charge is 0.294 e. The minimum atomic E-state index is -4.06. The normalized spacial score (nSPS) is 11.0. The van der Waals surface area contributed by atoms with Crippen molar-refractivity contribution in [3.8, 4) is 0 Å². The van der Waals surface area contributed by atoms with Crippen LogP contribution in [0.3, 0.4) is 0 Å². The fourth-order valence-electron chi connectivity index (χ4n) is 3.38. The van der Waals surface area contributed by atoms with E-state index in [2.05, 4.69) is 6.92 Å². The number of thioether (sulfide) groups is 1. The van der Waals surface area contributed by atoms with Gasteiger partial charge in [0.2, 0.25) is 0 Å². The van der Waals surface area contributed by atoms with Gasteiger partial charge < -0.3 is 5.73 Å². The van der Waals surface area contributed by atoms with Gasteiger partial charge in [-0.05, 0) is 36.1 Å². The molecule has 0 spiro atoms. The zero-order valence-electron chi connectivity index (χ0n) is 19.8. The number of hydrogen-bond donors (Lipinski definition) is 3. The molecule has 2 rings (SSSR count). The molecule has 5 nitrogen and oxygen atoms in total. The molecule has 0 fully saturated rings. The van der Waals surface area contributed by atoms with Gasteiger partial charge in [0.1, 0.15) is 0 Å². The lowest BCUT2D eigenvalue weighted by atomic mass is 10.0. The number of amidine groups is 1. The number of benzene rings is 2. The number of rotatable bonds is 14. The third-order valence-corrected chi connectivity index (χ3v) is 6.93. The monoisotopic (exact) mass is 492 g/mol. The summed E-state index contributed by atoms with van der Waals surface area (Å²) in [5.74, 6) is 0.788. The van der Waals surface area contributed by atoms with Crippen molar-refractivity contribution in [2.75, 3.05) is 0 Å². The van der Waals surface area contributed by atoms with Crippen molar-refractivity contribution in [3.63, 3.8) is 0 Å². The molecular weight excluding hydrogens is 452 g/mol. The number of aryl methyl sites for hydroxylation is 1. The minimum Gasteiger partial charge on any atom is -0.379 e. The van der Waals surface area contributed by atoms with E-state index < -0.39 is 10.1 Å². The number of hydrogen-bond acceptors (Lipinski definition) is 4. The van der Waals surface area contributed by atoms with Gasteiger partial charge in [-0.15, -0.1) is 0 Å². The van der Waals surface area contributed by atoms with Gasteiger partial charge in [-0.2, -0.15) is 8.42 Å². The Balaban J connectivity index is 0.000000412. The Kier molecular flexibility index (Phi) is 15.6. The van der Waals surface area contributed by atoms with Gasteiger partial charge in [0.15, 0.2) is 5.17 Å². The van der Waals surface area contributed by atoms with Crippen LogP contribution >= 0.6 is 11.8 Å². The molecule has 0 bridgehead atoms. The van der Waals surface area contributed by atoms with Crippen LogP contribution in [0.5, 0.6) is 0 Å². The number of nitrogens with one attached hydrogen (secondary N) is 1. The summed E-state index contributed by atoms with van der Waals surface area (Å²) in [6.45, 7) is 2.25. The van der Waals surface area contributed by atoms with Gasteiger partial charge in [-0.1, -0.05) is 119 Å². The third kappa shape index (κ3) is 15.6. The molecule has 0 aliphatic carbocycles. The lowest BCUT2D eigenvalue weighted by Gasteiger charge is -2.04. The van der Waals surface area contributed by atoms with Crippen molar-refractivity contribution >= 4 is 27.0 Å². The molecule has 33 heavy (non-hydrogen) atoms. The average molecular weight is 493 g/mol. The molecule has 0 unspecified atom stereocenters. The van der Waals surface area contributed by atoms with E-state index in [1.54, 1.807) is 12.1 Å². The first-order valence-corrected chi connectivity index (χ1v) is 14.3. The zero-order chi connectivity index (χ0) is 24.4. The molecule has 0 aliphatic heterocycles. The van der Waals surface area contributed by atoms with Crippen molar-refractivity contribution in [3.05, 3.63) is 65.7 Å². The van der Waals surface area contributed by atoms with Crippen LogP contribution in [0, 0.1) is 5.41 Å². The van der Waals surface area contributed by atoms with Crippen LogP contribution in [-0.2, 0) is 22.3 Å². The van der Waals surface area contributed by atoms with E-state index in [9.17, 15) is 8.42 Å². The Hall–Kier alpha value is -1.83. The second-order valence-corrected chi connectivity index (χ2v) is 10.6. The van der Waals surface area contributed by atoms with Crippen LogP contribution in [-0.4, -0.2) is 18.1 Å². The molecule has 0 saturated carbocycles. The quantitative estimate of drug-likeness (QED) is 0.112. The maximum absolute atomic E-state index is 10.9. The predicted molar refractivity (Wildman–Crippen MR) is 141 cm³/mol. The van der Waals surface area contributed by atoms with Crippen molar-refractivity contribution < 1.29 is 13.0 Å². The highest BCUT2D eigenvalue weighted by Crippen LogP contribution is 2.14. The largest absolute Gasteiger partial charge is 0.379 e. The molecule has 0 amide bonds. The van der Waals surface area contributed by atoms with Gasteiger partial charge in [-0.25, -0.2) is 0 Å². The molecule has 184 valence electrons. The lowest BCUT2D eigenvalue weighted by Crippen LogP contribution is -2.03. The first-order chi connectivity index (χ1) is 15.8. The first kappa shape index (κ1) is 29.2. The Morgan fingerprint density at radius 1 is 0.818 bits per heavy atom. The van der Waals surface area contributed by atoms with Gasteiger partial charge >= 0.3 is 0 Å². The zero-order valence-corrected chi connectivity index (χ0v) is 21.5. The molecule has 0 saturated heterocycles. The summed E-state index contributed by atoms with van der Waals surface area (Å²) in [4.78, 5) is -0.0284. The summed E-state index contributed by atoms with van der Waals surface area (Å²) in [6, 6.07) is 16.5. The second-order valence-electron chi connectivity index (χ2n) is 8.19. The summed E-state index contributed by atoms with van der Waals surface area (Å²) in [6.07, 6.45) is 14.1. The van der Waals surface area contributed by atoms with Crippen molar-refractivity contribution in [1.82, 2.24) is 0 Å². The highest BCUT2D eigenvalue weighted by Gasteiger charge is 2.08. The van der Waals surface area contributed by atoms with Crippen LogP contribution in [0.25, 0.3) is 0 Å². The summed E-state index contributed by atoms with van der Waals surface area (Å²) in [7, 11) is -4.06. The van der Waals surface area contributed by atoms with Gasteiger partial charge in [-0.3, -0.25) is 9.96 Å².